The van der Waals surface area contributed by atoms with E-state index in [1.54, 1.807) is 13.3 Å². The molecule has 0 aromatic carbocycles. The molecule has 1 fully saturated rings. The molecule has 1 aliphatic rings. The van der Waals surface area contributed by atoms with Gasteiger partial charge in [0.15, 0.2) is 5.96 Å². The first-order valence-electron chi connectivity index (χ1n) is 7.12. The fraction of sp³-hybridized carbons (Fsp3) is 0.600. The van der Waals surface area contributed by atoms with Gasteiger partial charge in [0.1, 0.15) is 0 Å². The summed E-state index contributed by atoms with van der Waals surface area (Å²) < 4.78 is 5.42. The molecule has 0 amide bonds. The van der Waals surface area contributed by atoms with Crippen LogP contribution in [0.2, 0.25) is 0 Å². The van der Waals surface area contributed by atoms with Crippen LogP contribution in [0, 0.1) is 0 Å². The SMILES string of the molecule is CN=C(NCc1ccnc(OC)c1)N1CCSC(C)(C)C1.I. The highest BCUT2D eigenvalue weighted by Gasteiger charge is 2.28. The van der Waals surface area contributed by atoms with Crippen molar-refractivity contribution in [1.29, 1.82) is 0 Å². The molecule has 0 bridgehead atoms. The van der Waals surface area contributed by atoms with E-state index in [-0.39, 0.29) is 28.7 Å². The van der Waals surface area contributed by atoms with E-state index in [2.05, 4.69) is 34.0 Å². The van der Waals surface area contributed by atoms with Gasteiger partial charge in [0.25, 0.3) is 0 Å². The lowest BCUT2D eigenvalue weighted by molar-refractivity contribution is 0.375. The zero-order chi connectivity index (χ0) is 15.3. The molecule has 0 saturated carbocycles. The van der Waals surface area contributed by atoms with Crippen molar-refractivity contribution in [2.75, 3.05) is 33.0 Å². The Hall–Kier alpha value is -0.700. The number of nitrogens with zero attached hydrogens (tertiary/aromatic N) is 3. The van der Waals surface area contributed by atoms with Crippen LogP contribution < -0.4 is 10.1 Å². The Kier molecular flexibility index (Phi) is 7.75. The quantitative estimate of drug-likeness (QED) is 0.449. The predicted octanol–water partition coefficient (Wildman–Crippen LogP) is 2.61. The molecule has 0 radical (unpaired) electrons. The molecule has 0 atom stereocenters. The lowest BCUT2D eigenvalue weighted by atomic mass is 10.2. The fourth-order valence-electron chi connectivity index (χ4n) is 2.38. The van der Waals surface area contributed by atoms with Crippen LogP contribution in [0.15, 0.2) is 23.3 Å². The van der Waals surface area contributed by atoms with Crippen molar-refractivity contribution >= 4 is 41.7 Å². The zero-order valence-corrected chi connectivity index (χ0v) is 16.8. The van der Waals surface area contributed by atoms with Gasteiger partial charge in [0.2, 0.25) is 5.88 Å². The second-order valence-corrected chi connectivity index (χ2v) is 7.44. The average Bonchev–Trinajstić information content (AvgIpc) is 2.47. The van der Waals surface area contributed by atoms with Crippen molar-refractivity contribution in [1.82, 2.24) is 15.2 Å². The van der Waals surface area contributed by atoms with Crippen LogP contribution in [-0.2, 0) is 6.54 Å². The molecule has 124 valence electrons. The minimum absolute atomic E-state index is 0. The third-order valence-corrected chi connectivity index (χ3v) is 4.69. The summed E-state index contributed by atoms with van der Waals surface area (Å²) in [6.07, 6.45) is 1.76. The maximum absolute atomic E-state index is 5.15. The smallest absolute Gasteiger partial charge is 0.213 e. The van der Waals surface area contributed by atoms with E-state index in [0.29, 0.717) is 5.88 Å². The lowest BCUT2D eigenvalue weighted by Crippen LogP contribution is -2.50. The molecule has 22 heavy (non-hydrogen) atoms. The molecule has 7 heteroatoms. The molecule has 2 heterocycles. The Labute approximate surface area is 154 Å². The highest BCUT2D eigenvalue weighted by Crippen LogP contribution is 2.29. The first kappa shape index (κ1) is 19.3. The van der Waals surface area contributed by atoms with Gasteiger partial charge in [0.05, 0.1) is 7.11 Å². The normalized spacial score (nSPS) is 17.6. The van der Waals surface area contributed by atoms with Crippen molar-refractivity contribution in [3.05, 3.63) is 23.9 Å². The summed E-state index contributed by atoms with van der Waals surface area (Å²) in [4.78, 5) is 10.9. The Morgan fingerprint density at radius 2 is 2.32 bits per heavy atom. The van der Waals surface area contributed by atoms with Crippen LogP contribution in [0.1, 0.15) is 19.4 Å². The van der Waals surface area contributed by atoms with Crippen molar-refractivity contribution in [3.8, 4) is 5.88 Å². The molecule has 0 unspecified atom stereocenters. The number of hydrogen-bond donors (Lipinski definition) is 1. The second kappa shape index (κ2) is 8.81. The Morgan fingerprint density at radius 1 is 1.55 bits per heavy atom. The maximum atomic E-state index is 5.15. The number of nitrogens with one attached hydrogen (secondary N) is 1. The van der Waals surface area contributed by atoms with Gasteiger partial charge in [-0.25, -0.2) is 4.98 Å². The summed E-state index contributed by atoms with van der Waals surface area (Å²) in [6, 6.07) is 3.93. The first-order chi connectivity index (χ1) is 10.0. The molecule has 1 saturated heterocycles. The van der Waals surface area contributed by atoms with E-state index in [1.807, 2.05) is 30.9 Å². The highest BCUT2D eigenvalue weighted by molar-refractivity contribution is 14.0. The molecular formula is C15H25IN4OS. The van der Waals surface area contributed by atoms with Gasteiger partial charge >= 0.3 is 0 Å². The number of thioether (sulfide) groups is 1. The summed E-state index contributed by atoms with van der Waals surface area (Å²) in [5.74, 6) is 2.73. The minimum Gasteiger partial charge on any atom is -0.481 e. The third kappa shape index (κ3) is 5.49. The predicted molar refractivity (Wildman–Crippen MR) is 105 cm³/mol. The van der Waals surface area contributed by atoms with Crippen LogP contribution in [0.3, 0.4) is 0 Å². The number of halogens is 1. The van der Waals surface area contributed by atoms with Crippen LogP contribution in [0.5, 0.6) is 5.88 Å². The van der Waals surface area contributed by atoms with E-state index in [9.17, 15) is 0 Å². The van der Waals surface area contributed by atoms with Gasteiger partial charge in [-0.2, -0.15) is 11.8 Å². The van der Waals surface area contributed by atoms with E-state index in [1.165, 1.54) is 0 Å². The largest absolute Gasteiger partial charge is 0.481 e. The van der Waals surface area contributed by atoms with E-state index in [4.69, 9.17) is 4.74 Å². The number of aromatic nitrogens is 1. The van der Waals surface area contributed by atoms with Gasteiger partial charge in [-0.15, -0.1) is 24.0 Å². The van der Waals surface area contributed by atoms with Crippen LogP contribution in [0.25, 0.3) is 0 Å². The van der Waals surface area contributed by atoms with Gasteiger partial charge in [-0.1, -0.05) is 0 Å². The van der Waals surface area contributed by atoms with Gasteiger partial charge in [-0.3, -0.25) is 4.99 Å². The number of aliphatic imine (C=N–C) groups is 1. The van der Waals surface area contributed by atoms with Gasteiger partial charge < -0.3 is 15.0 Å². The maximum Gasteiger partial charge on any atom is 0.213 e. The standard InChI is InChI=1S/C15H24N4OS.HI/c1-15(2)11-19(7-8-21-15)14(16-3)18-10-12-5-6-17-13(9-12)20-4;/h5-6,9H,7-8,10-11H2,1-4H3,(H,16,18);1H. The fourth-order valence-corrected chi connectivity index (χ4v) is 3.49. The zero-order valence-electron chi connectivity index (χ0n) is 13.6. The number of hydrogen-bond acceptors (Lipinski definition) is 4. The minimum atomic E-state index is 0. The second-order valence-electron chi connectivity index (χ2n) is 5.64. The molecule has 0 aliphatic carbocycles. The number of methoxy groups -OCH3 is 1. The van der Waals surface area contributed by atoms with Crippen LogP contribution in [0.4, 0.5) is 0 Å². The average molecular weight is 436 g/mol. The molecule has 1 aromatic heterocycles. The summed E-state index contributed by atoms with van der Waals surface area (Å²) in [5.41, 5.74) is 1.13. The molecule has 5 nitrogen and oxygen atoms in total. The summed E-state index contributed by atoms with van der Waals surface area (Å²) in [7, 11) is 3.47. The Balaban J connectivity index is 0.00000242. The molecule has 0 spiro atoms. The van der Waals surface area contributed by atoms with Gasteiger partial charge in [0, 0.05) is 49.4 Å². The van der Waals surface area contributed by atoms with E-state index in [0.717, 1.165) is 36.9 Å². The Morgan fingerprint density at radius 3 is 2.95 bits per heavy atom. The molecule has 1 aliphatic heterocycles. The topological polar surface area (TPSA) is 49.8 Å². The monoisotopic (exact) mass is 436 g/mol. The Bertz CT molecular complexity index is 510. The summed E-state index contributed by atoms with van der Waals surface area (Å²) in [5, 5.41) is 3.43. The number of pyridine rings is 1. The van der Waals surface area contributed by atoms with Crippen LogP contribution in [-0.4, -0.2) is 53.6 Å². The van der Waals surface area contributed by atoms with E-state index < -0.39 is 0 Å². The summed E-state index contributed by atoms with van der Waals surface area (Å²) in [6.45, 7) is 7.33. The molecule has 2 rings (SSSR count). The van der Waals surface area contributed by atoms with Crippen molar-refractivity contribution < 1.29 is 4.74 Å². The highest BCUT2D eigenvalue weighted by atomic mass is 127. The van der Waals surface area contributed by atoms with Gasteiger partial charge in [-0.05, 0) is 25.5 Å². The van der Waals surface area contributed by atoms with Crippen molar-refractivity contribution in [2.24, 2.45) is 4.99 Å². The molecule has 1 aromatic rings. The first-order valence-corrected chi connectivity index (χ1v) is 8.11. The summed E-state index contributed by atoms with van der Waals surface area (Å²) >= 11 is 2.02. The van der Waals surface area contributed by atoms with Crippen LogP contribution >= 0.6 is 35.7 Å². The van der Waals surface area contributed by atoms with E-state index >= 15 is 0 Å². The number of guanidine groups is 1. The lowest BCUT2D eigenvalue weighted by Gasteiger charge is -2.39. The number of ether oxygens (including phenoxy) is 1. The third-order valence-electron chi connectivity index (χ3n) is 3.40. The number of rotatable bonds is 3. The van der Waals surface area contributed by atoms with Crippen molar-refractivity contribution in [3.63, 3.8) is 0 Å². The molecule has 1 N–H and O–H groups in total. The van der Waals surface area contributed by atoms with Crippen molar-refractivity contribution in [2.45, 2.75) is 25.1 Å². The molecular weight excluding hydrogens is 411 g/mol.